The molecule has 12 heteroatoms. The average Bonchev–Trinajstić information content (AvgIpc) is 3.69. The van der Waals surface area contributed by atoms with Crippen molar-refractivity contribution in [3.05, 3.63) is 81.6 Å². The largest absolute Gasteiger partial charge is 0.496 e. The molecular formula is C32H29Cl2FN4O5. The van der Waals surface area contributed by atoms with Gasteiger partial charge in [0.1, 0.15) is 34.8 Å². The maximum Gasteiger partial charge on any atom is 0.339 e. The summed E-state index contributed by atoms with van der Waals surface area (Å²) in [6.07, 6.45) is 2.07. The number of carboxylic acid groups (broad SMARTS) is 1. The van der Waals surface area contributed by atoms with E-state index >= 15 is 4.39 Å². The first-order valence-electron chi connectivity index (χ1n) is 14.4. The third-order valence-electron chi connectivity index (χ3n) is 9.22. The van der Waals surface area contributed by atoms with Crippen LogP contribution in [0.3, 0.4) is 0 Å². The van der Waals surface area contributed by atoms with Gasteiger partial charge in [-0.2, -0.15) is 5.10 Å². The first-order chi connectivity index (χ1) is 21.1. The summed E-state index contributed by atoms with van der Waals surface area (Å²) in [6, 6.07) is 13.8. The number of benzene rings is 3. The number of carbonyl (C=O) groups is 2. The van der Waals surface area contributed by atoms with E-state index in [4.69, 9.17) is 37.8 Å². The molecule has 9 nitrogen and oxygen atoms in total. The Morgan fingerprint density at radius 3 is 2.66 bits per heavy atom. The van der Waals surface area contributed by atoms with Gasteiger partial charge in [-0.25, -0.2) is 13.9 Å². The molecule has 4 aromatic rings. The molecule has 0 radical (unpaired) electrons. The minimum atomic E-state index is -1.28. The summed E-state index contributed by atoms with van der Waals surface area (Å²) < 4.78 is 29.4. The lowest BCUT2D eigenvalue weighted by Crippen LogP contribution is -2.57. The van der Waals surface area contributed by atoms with Crippen molar-refractivity contribution in [2.24, 2.45) is 5.92 Å². The topological polar surface area (TPSA) is 106 Å². The molecule has 1 saturated carbocycles. The van der Waals surface area contributed by atoms with Crippen molar-refractivity contribution in [1.82, 2.24) is 14.7 Å². The van der Waals surface area contributed by atoms with Gasteiger partial charge in [-0.05, 0) is 61.6 Å². The average molecular weight is 640 g/mol. The minimum Gasteiger partial charge on any atom is -0.496 e. The maximum absolute atomic E-state index is 16.1. The fourth-order valence-corrected chi connectivity index (χ4v) is 7.33. The Kier molecular flexibility index (Phi) is 6.99. The van der Waals surface area contributed by atoms with Crippen LogP contribution in [0.2, 0.25) is 10.0 Å². The smallest absolute Gasteiger partial charge is 0.339 e. The van der Waals surface area contributed by atoms with Crippen molar-refractivity contribution in [1.29, 1.82) is 0 Å². The van der Waals surface area contributed by atoms with E-state index in [0.717, 1.165) is 12.8 Å². The van der Waals surface area contributed by atoms with Crippen LogP contribution in [-0.4, -0.2) is 63.5 Å². The molecule has 1 aliphatic carbocycles. The molecule has 3 aliphatic rings. The number of aromatic nitrogens is 2. The molecule has 1 saturated heterocycles. The van der Waals surface area contributed by atoms with E-state index < -0.39 is 29.3 Å². The summed E-state index contributed by atoms with van der Waals surface area (Å²) in [7, 11) is 1.39. The maximum atomic E-state index is 16.1. The monoisotopic (exact) mass is 638 g/mol. The molecule has 2 N–H and O–H groups in total. The number of carbonyl (C=O) groups excluding carboxylic acids is 1. The SMILES string of the molecule is COc1cc2nn3c(c2cc1C(=O)O)OC[C@H]1[C@@H]3[C@H](c2cccc(Cl)c2F)[C@](C)(C(=O)Nc2cccc(Cl)c2)N1CC1CC1. The van der Waals surface area contributed by atoms with Crippen LogP contribution in [0.25, 0.3) is 10.9 Å². The van der Waals surface area contributed by atoms with Gasteiger partial charge >= 0.3 is 5.97 Å². The van der Waals surface area contributed by atoms with Gasteiger partial charge in [0.05, 0.1) is 29.6 Å². The molecule has 1 aromatic heterocycles. The molecule has 7 rings (SSSR count). The highest BCUT2D eigenvalue weighted by molar-refractivity contribution is 6.31. The standard InChI is InChI=1S/C32H29Cl2FN4O5/c1-32(31(42)36-18-6-3-5-17(33)11-18)26(19-7-4-8-22(34)27(19)35)28-24(38(32)14-16-9-10-16)15-44-29-20-12-21(30(40)41)25(43-2)13-23(20)37-39(28)29/h3-8,11-13,16,24,26,28H,9-10,14-15H2,1-2H3,(H,36,42)(H,40,41)/t24-,26-,28+,32+/m0/s1. The van der Waals surface area contributed by atoms with E-state index in [1.54, 1.807) is 47.1 Å². The van der Waals surface area contributed by atoms with Crippen molar-refractivity contribution in [3.8, 4) is 11.6 Å². The summed E-state index contributed by atoms with van der Waals surface area (Å²) in [5.41, 5.74) is -0.0557. The van der Waals surface area contributed by atoms with Crippen LogP contribution < -0.4 is 14.8 Å². The molecule has 0 spiro atoms. The van der Waals surface area contributed by atoms with E-state index in [1.165, 1.54) is 19.2 Å². The number of fused-ring (bicyclic) bond motifs is 5. The summed E-state index contributed by atoms with van der Waals surface area (Å²) in [5, 5.41) is 18.6. The van der Waals surface area contributed by atoms with Crippen LogP contribution in [0, 0.1) is 11.7 Å². The highest BCUT2D eigenvalue weighted by Gasteiger charge is 2.64. The first kappa shape index (κ1) is 28.9. The Balaban J connectivity index is 1.44. The lowest BCUT2D eigenvalue weighted by atomic mass is 9.77. The number of aromatic carboxylic acids is 1. The van der Waals surface area contributed by atoms with Gasteiger partial charge in [0, 0.05) is 29.2 Å². The van der Waals surface area contributed by atoms with Crippen LogP contribution >= 0.6 is 23.2 Å². The number of likely N-dealkylation sites (tertiary alicyclic amines) is 1. The first-order valence-corrected chi connectivity index (χ1v) is 15.1. The van der Waals surface area contributed by atoms with E-state index in [0.29, 0.717) is 40.0 Å². The zero-order chi connectivity index (χ0) is 30.9. The van der Waals surface area contributed by atoms with Gasteiger partial charge in [0.15, 0.2) is 0 Å². The third kappa shape index (κ3) is 4.50. The van der Waals surface area contributed by atoms with E-state index in [2.05, 4.69) is 10.2 Å². The van der Waals surface area contributed by atoms with Crippen LogP contribution in [-0.2, 0) is 4.79 Å². The number of carboxylic acids is 1. The lowest BCUT2D eigenvalue weighted by Gasteiger charge is -2.39. The van der Waals surface area contributed by atoms with Crippen molar-refractivity contribution in [2.45, 2.75) is 43.3 Å². The van der Waals surface area contributed by atoms with E-state index in [1.807, 2.05) is 6.92 Å². The fraction of sp³-hybridized carbons (Fsp3) is 0.344. The van der Waals surface area contributed by atoms with E-state index in [-0.39, 0.29) is 40.5 Å². The van der Waals surface area contributed by atoms with Gasteiger partial charge < -0.3 is 19.9 Å². The number of methoxy groups -OCH3 is 1. The number of nitrogens with zero attached hydrogens (tertiary/aromatic N) is 3. The molecule has 1 amide bonds. The van der Waals surface area contributed by atoms with Crippen molar-refractivity contribution < 1.29 is 28.6 Å². The molecule has 2 aliphatic heterocycles. The Bertz CT molecular complexity index is 1830. The van der Waals surface area contributed by atoms with Gasteiger partial charge in [-0.15, -0.1) is 0 Å². The van der Waals surface area contributed by atoms with E-state index in [9.17, 15) is 14.7 Å². The molecule has 0 bridgehead atoms. The zero-order valence-corrected chi connectivity index (χ0v) is 25.4. The molecule has 3 heterocycles. The number of anilines is 1. The number of amides is 1. The molecule has 228 valence electrons. The van der Waals surface area contributed by atoms with Gasteiger partial charge in [0.25, 0.3) is 0 Å². The summed E-state index contributed by atoms with van der Waals surface area (Å²) in [5.74, 6) is -1.95. The van der Waals surface area contributed by atoms with Crippen molar-refractivity contribution in [2.75, 3.05) is 25.6 Å². The van der Waals surface area contributed by atoms with Gasteiger partial charge in [-0.3, -0.25) is 9.69 Å². The Hall–Kier alpha value is -3.86. The normalized spacial score (nSPS) is 24.4. The molecule has 3 aromatic carbocycles. The molecule has 0 unspecified atom stereocenters. The second-order valence-corrected chi connectivity index (χ2v) is 12.7. The summed E-state index contributed by atoms with van der Waals surface area (Å²) in [4.78, 5) is 28.7. The quantitative estimate of drug-likeness (QED) is 0.241. The second kappa shape index (κ2) is 10.6. The molecule has 2 fully saturated rings. The number of ether oxygens (including phenoxy) is 2. The molecular weight excluding hydrogens is 610 g/mol. The second-order valence-electron chi connectivity index (χ2n) is 11.8. The van der Waals surface area contributed by atoms with Crippen LogP contribution in [0.5, 0.6) is 11.6 Å². The Labute approximate surface area is 262 Å². The molecule has 44 heavy (non-hydrogen) atoms. The Morgan fingerprint density at radius 2 is 1.95 bits per heavy atom. The predicted molar refractivity (Wildman–Crippen MR) is 164 cm³/mol. The number of hydrogen-bond acceptors (Lipinski definition) is 6. The molecule has 4 atom stereocenters. The number of halogens is 3. The van der Waals surface area contributed by atoms with Crippen LogP contribution in [0.1, 0.15) is 47.6 Å². The number of nitrogens with one attached hydrogen (secondary N) is 1. The highest BCUT2D eigenvalue weighted by Crippen LogP contribution is 2.57. The zero-order valence-electron chi connectivity index (χ0n) is 23.9. The van der Waals surface area contributed by atoms with Crippen LogP contribution in [0.15, 0.2) is 54.6 Å². The van der Waals surface area contributed by atoms with Crippen LogP contribution in [0.4, 0.5) is 10.1 Å². The fourth-order valence-electron chi connectivity index (χ4n) is 6.96. The minimum absolute atomic E-state index is 0.0357. The Morgan fingerprint density at radius 1 is 1.18 bits per heavy atom. The predicted octanol–water partition coefficient (Wildman–Crippen LogP) is 6.40. The lowest BCUT2D eigenvalue weighted by molar-refractivity contribution is -0.127. The number of hydrogen-bond donors (Lipinski definition) is 2. The van der Waals surface area contributed by atoms with Gasteiger partial charge in [0.2, 0.25) is 11.8 Å². The summed E-state index contributed by atoms with van der Waals surface area (Å²) in [6.45, 7) is 2.63. The van der Waals surface area contributed by atoms with Crippen molar-refractivity contribution in [3.63, 3.8) is 0 Å². The summed E-state index contributed by atoms with van der Waals surface area (Å²) >= 11 is 12.6. The third-order valence-corrected chi connectivity index (χ3v) is 9.75. The highest BCUT2D eigenvalue weighted by atomic mass is 35.5. The number of rotatable bonds is 7. The van der Waals surface area contributed by atoms with Crippen molar-refractivity contribution >= 4 is 51.7 Å². The van der Waals surface area contributed by atoms with Gasteiger partial charge in [-0.1, -0.05) is 41.4 Å².